The third-order valence-corrected chi connectivity index (χ3v) is 9.75. The van der Waals surface area contributed by atoms with Crippen LogP contribution < -0.4 is 9.47 Å². The Bertz CT molecular complexity index is 2120. The fourth-order valence-corrected chi connectivity index (χ4v) is 7.94. The Kier molecular flexibility index (Phi) is 7.13. The smallest absolute Gasteiger partial charge is 0.148 e. The van der Waals surface area contributed by atoms with Gasteiger partial charge >= 0.3 is 0 Å². The van der Waals surface area contributed by atoms with Gasteiger partial charge in [-0.25, -0.2) is 0 Å². The van der Waals surface area contributed by atoms with Crippen molar-refractivity contribution in [1.82, 2.24) is 0 Å². The zero-order valence-electron chi connectivity index (χ0n) is 25.9. The van der Waals surface area contributed by atoms with Crippen molar-refractivity contribution in [2.24, 2.45) is 0 Å². The van der Waals surface area contributed by atoms with Gasteiger partial charge in [0, 0.05) is 5.92 Å². The molecule has 2 heteroatoms. The highest BCUT2D eigenvalue weighted by Gasteiger charge is 2.47. The van der Waals surface area contributed by atoms with Crippen LogP contribution in [0.15, 0.2) is 140 Å². The molecule has 0 bridgehead atoms. The molecule has 0 atom stereocenters. The Morgan fingerprint density at radius 2 is 1.00 bits per heavy atom. The van der Waals surface area contributed by atoms with Crippen LogP contribution >= 0.6 is 0 Å². The number of hydrogen-bond donors (Lipinski definition) is 0. The Morgan fingerprint density at radius 1 is 0.511 bits per heavy atom. The molecular formula is C45H32O2. The van der Waals surface area contributed by atoms with Crippen molar-refractivity contribution in [1.29, 1.82) is 0 Å². The average molecular weight is 605 g/mol. The summed E-state index contributed by atoms with van der Waals surface area (Å²) in [6, 6.07) is 50.2. The molecule has 0 N–H and O–H groups in total. The highest BCUT2D eigenvalue weighted by molar-refractivity contribution is 5.87. The summed E-state index contributed by atoms with van der Waals surface area (Å²) in [6.07, 6.45) is 11.9. The molecule has 0 spiro atoms. The van der Waals surface area contributed by atoms with Crippen molar-refractivity contribution >= 4 is 0 Å². The van der Waals surface area contributed by atoms with Gasteiger partial charge in [0.05, 0.1) is 5.41 Å². The van der Waals surface area contributed by atoms with Crippen LogP contribution in [0.2, 0.25) is 0 Å². The largest absolute Gasteiger partial charge is 0.481 e. The fraction of sp³-hybridized carbons (Fsp3) is 0.111. The molecule has 0 aliphatic heterocycles. The Hall–Kier alpha value is -5.96. The molecule has 6 aromatic rings. The van der Waals surface area contributed by atoms with Gasteiger partial charge in [0.1, 0.15) is 24.7 Å². The van der Waals surface area contributed by atoms with Crippen LogP contribution in [-0.4, -0.2) is 13.2 Å². The monoisotopic (exact) mass is 604 g/mol. The van der Waals surface area contributed by atoms with Crippen LogP contribution in [0.25, 0.3) is 22.3 Å². The van der Waals surface area contributed by atoms with Crippen molar-refractivity contribution < 1.29 is 9.47 Å². The van der Waals surface area contributed by atoms with Gasteiger partial charge in [0.15, 0.2) is 0 Å². The number of hydrogen-bond acceptors (Lipinski definition) is 2. The van der Waals surface area contributed by atoms with E-state index in [4.69, 9.17) is 22.3 Å². The standard InChI is InChI=1S/C45H32O2/c1-3-27-46-33-23-21-32(22-24-33)45(43-19-11-9-17-39(43)40-18-10-12-20-44(40)45)42-26-25-34(47-28-4-2)29-31(42)30-41-37-15-7-5-13-35(37)36-14-6-8-16-38(36)41/h1-2,5-26,29,41H,27-28,30H2. The molecule has 6 aromatic carbocycles. The van der Waals surface area contributed by atoms with Crippen molar-refractivity contribution in [2.75, 3.05) is 13.2 Å². The first-order chi connectivity index (χ1) is 23.2. The minimum absolute atomic E-state index is 0.188. The zero-order valence-corrected chi connectivity index (χ0v) is 25.9. The first-order valence-electron chi connectivity index (χ1n) is 16.0. The van der Waals surface area contributed by atoms with Gasteiger partial charge in [-0.15, -0.1) is 12.8 Å². The predicted octanol–water partition coefficient (Wildman–Crippen LogP) is 9.43. The number of fused-ring (bicyclic) bond motifs is 6. The maximum atomic E-state index is 6.08. The summed E-state index contributed by atoms with van der Waals surface area (Å²) in [6.45, 7) is 0.438. The first-order valence-corrected chi connectivity index (χ1v) is 16.0. The lowest BCUT2D eigenvalue weighted by molar-refractivity contribution is 0.369. The van der Waals surface area contributed by atoms with Crippen LogP contribution in [0.5, 0.6) is 11.5 Å². The SMILES string of the molecule is C#CCOc1ccc(C2(c3ccc(OCC#C)cc3CC3c4ccccc4-c4ccccc43)c3ccccc3-c3ccccc32)cc1. The minimum Gasteiger partial charge on any atom is -0.481 e. The van der Waals surface area contributed by atoms with Crippen molar-refractivity contribution in [3.05, 3.63) is 178 Å². The van der Waals surface area contributed by atoms with E-state index in [9.17, 15) is 0 Å². The Balaban J connectivity index is 1.39. The number of rotatable bonds is 8. The third kappa shape index (κ3) is 4.53. The fourth-order valence-electron chi connectivity index (χ4n) is 7.94. The number of benzene rings is 6. The van der Waals surface area contributed by atoms with Crippen molar-refractivity contribution in [3.63, 3.8) is 0 Å². The van der Waals surface area contributed by atoms with Crippen LogP contribution in [0.4, 0.5) is 0 Å². The van der Waals surface area contributed by atoms with Crippen LogP contribution in [0.1, 0.15) is 44.9 Å². The predicted molar refractivity (Wildman–Crippen MR) is 190 cm³/mol. The lowest BCUT2D eigenvalue weighted by atomic mass is 9.65. The molecule has 8 rings (SSSR count). The maximum Gasteiger partial charge on any atom is 0.148 e. The van der Waals surface area contributed by atoms with Crippen LogP contribution in [0.3, 0.4) is 0 Å². The van der Waals surface area contributed by atoms with Gasteiger partial charge in [-0.1, -0.05) is 127 Å². The summed E-state index contributed by atoms with van der Waals surface area (Å²) in [7, 11) is 0. The summed E-state index contributed by atoms with van der Waals surface area (Å²) < 4.78 is 11.9. The minimum atomic E-state index is -0.588. The van der Waals surface area contributed by atoms with Crippen LogP contribution in [0, 0.1) is 24.7 Å². The van der Waals surface area contributed by atoms with Crippen molar-refractivity contribution in [3.8, 4) is 58.4 Å². The second-order valence-corrected chi connectivity index (χ2v) is 12.1. The molecule has 0 heterocycles. The van der Waals surface area contributed by atoms with E-state index < -0.39 is 5.41 Å². The number of ether oxygens (including phenoxy) is 2. The average Bonchev–Trinajstić information content (AvgIpc) is 3.61. The molecule has 0 aromatic heterocycles. The van der Waals surface area contributed by atoms with E-state index in [1.54, 1.807) is 0 Å². The molecule has 2 aliphatic rings. The van der Waals surface area contributed by atoms with E-state index in [0.717, 1.165) is 23.5 Å². The molecule has 0 radical (unpaired) electrons. The topological polar surface area (TPSA) is 18.5 Å². The first kappa shape index (κ1) is 28.5. The van der Waals surface area contributed by atoms with E-state index in [-0.39, 0.29) is 19.1 Å². The quantitative estimate of drug-likeness (QED) is 0.161. The molecular weight excluding hydrogens is 572 g/mol. The van der Waals surface area contributed by atoms with E-state index in [0.29, 0.717) is 0 Å². The van der Waals surface area contributed by atoms with Crippen molar-refractivity contribution in [2.45, 2.75) is 17.8 Å². The van der Waals surface area contributed by atoms with E-state index >= 15 is 0 Å². The summed E-state index contributed by atoms with van der Waals surface area (Å²) in [5.74, 6) is 6.92. The maximum absolute atomic E-state index is 6.08. The van der Waals surface area contributed by atoms with E-state index in [2.05, 4.69) is 139 Å². The molecule has 0 fully saturated rings. The second-order valence-electron chi connectivity index (χ2n) is 12.1. The molecule has 47 heavy (non-hydrogen) atoms. The normalized spacial score (nSPS) is 13.4. The van der Waals surface area contributed by atoms with Gasteiger partial charge < -0.3 is 9.47 Å². The zero-order chi connectivity index (χ0) is 31.8. The summed E-state index contributed by atoms with van der Waals surface area (Å²) in [5.41, 5.74) is 13.3. The van der Waals surface area contributed by atoms with E-state index in [1.807, 2.05) is 12.1 Å². The molecule has 0 amide bonds. The number of terminal acetylenes is 2. The summed E-state index contributed by atoms with van der Waals surface area (Å²) in [5, 5.41) is 0. The summed E-state index contributed by atoms with van der Waals surface area (Å²) >= 11 is 0. The van der Waals surface area contributed by atoms with Gasteiger partial charge in [0.25, 0.3) is 0 Å². The van der Waals surface area contributed by atoms with E-state index in [1.165, 1.54) is 55.6 Å². The lowest BCUT2D eigenvalue weighted by Crippen LogP contribution is -2.30. The van der Waals surface area contributed by atoms with Crippen LogP contribution in [-0.2, 0) is 11.8 Å². The summed E-state index contributed by atoms with van der Waals surface area (Å²) in [4.78, 5) is 0. The van der Waals surface area contributed by atoms with Gasteiger partial charge in [-0.2, -0.15) is 0 Å². The van der Waals surface area contributed by atoms with Gasteiger partial charge in [-0.3, -0.25) is 0 Å². The highest BCUT2D eigenvalue weighted by Crippen LogP contribution is 2.58. The molecule has 224 valence electrons. The highest BCUT2D eigenvalue weighted by atomic mass is 16.5. The molecule has 2 nitrogen and oxygen atoms in total. The Labute approximate surface area is 276 Å². The third-order valence-electron chi connectivity index (χ3n) is 9.75. The van der Waals surface area contributed by atoms with Gasteiger partial charge in [-0.05, 0) is 91.9 Å². The molecule has 2 aliphatic carbocycles. The Morgan fingerprint density at radius 3 is 1.57 bits per heavy atom. The molecule has 0 saturated carbocycles. The lowest BCUT2D eigenvalue weighted by Gasteiger charge is -2.36. The van der Waals surface area contributed by atoms with Gasteiger partial charge in [0.2, 0.25) is 0 Å². The molecule has 0 saturated heterocycles. The molecule has 0 unspecified atom stereocenters. The second kappa shape index (κ2) is 11.8.